The number of ether oxygens (including phenoxy) is 2. The van der Waals surface area contributed by atoms with Crippen LogP contribution in [0.4, 0.5) is 8.78 Å². The first-order valence-electron chi connectivity index (χ1n) is 9.18. The number of rotatable bonds is 6. The molecule has 158 valence electrons. The largest absolute Gasteiger partial charge is 0.372 e. The van der Waals surface area contributed by atoms with Gasteiger partial charge in [-0.25, -0.2) is 13.1 Å². The average Bonchev–Trinajstić information content (AvgIpc) is 3.03. The van der Waals surface area contributed by atoms with E-state index in [4.69, 9.17) is 9.47 Å². The standard InChI is InChI=1S/C20H24F2N2O4S/c1-14-5-4-6-16(9-14)29(25,26)20(2)7-8-28-18(12-20)17-10-15(11-19(21)22)23-24(17)13-27-3/h4-6,9-11,18H,7-8,12-13H2,1-3H3. The maximum Gasteiger partial charge on any atom is 0.272 e. The molecule has 0 saturated carbocycles. The van der Waals surface area contributed by atoms with Crippen molar-refractivity contribution in [1.29, 1.82) is 0 Å². The highest BCUT2D eigenvalue weighted by atomic mass is 32.2. The van der Waals surface area contributed by atoms with E-state index in [0.29, 0.717) is 18.2 Å². The van der Waals surface area contributed by atoms with Gasteiger partial charge in [-0.15, -0.1) is 0 Å². The number of hydrogen-bond acceptors (Lipinski definition) is 5. The summed E-state index contributed by atoms with van der Waals surface area (Å²) in [7, 11) is -2.17. The van der Waals surface area contributed by atoms with Crippen LogP contribution >= 0.6 is 0 Å². The highest BCUT2D eigenvalue weighted by Crippen LogP contribution is 2.42. The molecule has 2 aromatic rings. The molecule has 1 aliphatic heterocycles. The molecule has 6 nitrogen and oxygen atoms in total. The molecule has 2 heterocycles. The van der Waals surface area contributed by atoms with Gasteiger partial charge in [-0.2, -0.15) is 13.9 Å². The van der Waals surface area contributed by atoms with E-state index >= 15 is 0 Å². The van der Waals surface area contributed by atoms with Crippen molar-refractivity contribution in [2.75, 3.05) is 13.7 Å². The monoisotopic (exact) mass is 426 g/mol. The van der Waals surface area contributed by atoms with Crippen LogP contribution in [-0.4, -0.2) is 36.7 Å². The van der Waals surface area contributed by atoms with Gasteiger partial charge in [0.25, 0.3) is 6.08 Å². The summed E-state index contributed by atoms with van der Waals surface area (Å²) < 4.78 is 63.4. The lowest BCUT2D eigenvalue weighted by Gasteiger charge is -2.37. The van der Waals surface area contributed by atoms with E-state index in [1.54, 1.807) is 25.1 Å². The Balaban J connectivity index is 1.96. The topological polar surface area (TPSA) is 70.4 Å². The quantitative estimate of drug-likeness (QED) is 0.695. The summed E-state index contributed by atoms with van der Waals surface area (Å²) in [5, 5.41) is 4.10. The van der Waals surface area contributed by atoms with Gasteiger partial charge in [-0.1, -0.05) is 12.1 Å². The third kappa shape index (κ3) is 4.41. The second kappa shape index (κ2) is 8.33. The van der Waals surface area contributed by atoms with Crippen LogP contribution in [-0.2, 0) is 26.0 Å². The number of benzene rings is 1. The molecule has 1 fully saturated rings. The Morgan fingerprint density at radius 1 is 1.41 bits per heavy atom. The van der Waals surface area contributed by atoms with Gasteiger partial charge in [0, 0.05) is 19.8 Å². The van der Waals surface area contributed by atoms with Gasteiger partial charge in [0.1, 0.15) is 12.8 Å². The molecular weight excluding hydrogens is 402 g/mol. The number of hydrogen-bond donors (Lipinski definition) is 0. The molecule has 0 aliphatic carbocycles. The van der Waals surface area contributed by atoms with Gasteiger partial charge in [-0.05, 0) is 50.5 Å². The zero-order chi connectivity index (χ0) is 21.2. The van der Waals surface area contributed by atoms with Gasteiger partial charge < -0.3 is 9.47 Å². The molecule has 1 aromatic heterocycles. The van der Waals surface area contributed by atoms with Crippen LogP contribution in [0.3, 0.4) is 0 Å². The first-order chi connectivity index (χ1) is 13.7. The van der Waals surface area contributed by atoms with Crippen molar-refractivity contribution in [2.45, 2.75) is 49.2 Å². The third-order valence-corrected chi connectivity index (χ3v) is 7.73. The van der Waals surface area contributed by atoms with E-state index < -0.39 is 26.8 Å². The van der Waals surface area contributed by atoms with Crippen molar-refractivity contribution in [1.82, 2.24) is 9.78 Å². The Kier molecular flexibility index (Phi) is 6.21. The predicted molar refractivity (Wildman–Crippen MR) is 104 cm³/mol. The lowest BCUT2D eigenvalue weighted by Crippen LogP contribution is -2.42. The Labute approximate surface area is 169 Å². The Hall–Kier alpha value is -2.10. The molecule has 9 heteroatoms. The summed E-state index contributed by atoms with van der Waals surface area (Å²) >= 11 is 0. The summed E-state index contributed by atoms with van der Waals surface area (Å²) in [4.78, 5) is 0.272. The highest BCUT2D eigenvalue weighted by molar-refractivity contribution is 7.92. The van der Waals surface area contributed by atoms with Crippen LogP contribution in [0.1, 0.15) is 42.8 Å². The number of aromatic nitrogens is 2. The molecule has 2 unspecified atom stereocenters. The van der Waals surface area contributed by atoms with Crippen LogP contribution < -0.4 is 0 Å². The highest BCUT2D eigenvalue weighted by Gasteiger charge is 2.45. The number of halogens is 2. The molecule has 0 amide bonds. The second-order valence-electron chi connectivity index (χ2n) is 7.43. The molecule has 29 heavy (non-hydrogen) atoms. The Morgan fingerprint density at radius 3 is 2.83 bits per heavy atom. The van der Waals surface area contributed by atoms with Gasteiger partial charge in [0.2, 0.25) is 0 Å². The molecule has 1 saturated heterocycles. The number of sulfone groups is 1. The van der Waals surface area contributed by atoms with E-state index in [-0.39, 0.29) is 30.3 Å². The van der Waals surface area contributed by atoms with Crippen LogP contribution in [0.15, 0.2) is 41.3 Å². The second-order valence-corrected chi connectivity index (χ2v) is 9.89. The fourth-order valence-corrected chi connectivity index (χ4v) is 5.48. The van der Waals surface area contributed by atoms with Crippen molar-refractivity contribution in [3.63, 3.8) is 0 Å². The fraction of sp³-hybridized carbons (Fsp3) is 0.450. The summed E-state index contributed by atoms with van der Waals surface area (Å²) in [6.45, 7) is 3.82. The minimum absolute atomic E-state index is 0.0400. The van der Waals surface area contributed by atoms with Gasteiger partial charge in [-0.3, -0.25) is 0 Å². The molecule has 0 radical (unpaired) electrons. The van der Waals surface area contributed by atoms with E-state index in [9.17, 15) is 17.2 Å². The van der Waals surface area contributed by atoms with Crippen LogP contribution in [0.2, 0.25) is 0 Å². The molecular formula is C20H24F2N2O4S. The molecule has 0 N–H and O–H groups in total. The van der Waals surface area contributed by atoms with Crippen LogP contribution in [0.5, 0.6) is 0 Å². The van der Waals surface area contributed by atoms with Gasteiger partial charge >= 0.3 is 0 Å². The van der Waals surface area contributed by atoms with E-state index in [2.05, 4.69) is 5.10 Å². The number of methoxy groups -OCH3 is 1. The normalized spacial score (nSPS) is 22.4. The first-order valence-corrected chi connectivity index (χ1v) is 10.7. The maximum atomic E-state index is 13.4. The molecule has 3 rings (SSSR count). The zero-order valence-electron chi connectivity index (χ0n) is 16.6. The van der Waals surface area contributed by atoms with Gasteiger partial charge in [0.05, 0.1) is 21.0 Å². The molecule has 1 aliphatic rings. The van der Waals surface area contributed by atoms with E-state index in [1.165, 1.54) is 17.9 Å². The zero-order valence-corrected chi connectivity index (χ0v) is 17.4. The molecule has 1 aromatic carbocycles. The lowest BCUT2D eigenvalue weighted by atomic mass is 9.94. The molecule has 0 spiro atoms. The van der Waals surface area contributed by atoms with Crippen LogP contribution in [0, 0.1) is 6.92 Å². The Bertz CT molecular complexity index is 1020. The molecule has 0 bridgehead atoms. The average molecular weight is 426 g/mol. The van der Waals surface area contributed by atoms with Crippen molar-refractivity contribution in [3.8, 4) is 0 Å². The van der Waals surface area contributed by atoms with Crippen molar-refractivity contribution < 1.29 is 26.7 Å². The van der Waals surface area contributed by atoms with Crippen LogP contribution in [0.25, 0.3) is 6.08 Å². The number of nitrogens with zero attached hydrogens (tertiary/aromatic N) is 2. The smallest absolute Gasteiger partial charge is 0.272 e. The Morgan fingerprint density at radius 2 is 2.17 bits per heavy atom. The predicted octanol–water partition coefficient (Wildman–Crippen LogP) is 4.12. The summed E-state index contributed by atoms with van der Waals surface area (Å²) in [5.41, 5.74) is 1.43. The summed E-state index contributed by atoms with van der Waals surface area (Å²) in [5.74, 6) is 0. The summed E-state index contributed by atoms with van der Waals surface area (Å²) in [6.07, 6.45) is -1.30. The third-order valence-electron chi connectivity index (χ3n) is 5.18. The SMILES string of the molecule is COCn1nc(C=C(F)F)cc1C1CC(C)(S(=O)(=O)c2cccc(C)c2)CCO1. The van der Waals surface area contributed by atoms with Gasteiger partial charge in [0.15, 0.2) is 9.84 Å². The van der Waals surface area contributed by atoms with E-state index in [1.807, 2.05) is 13.0 Å². The first kappa shape index (κ1) is 21.6. The minimum Gasteiger partial charge on any atom is -0.372 e. The maximum absolute atomic E-state index is 13.4. The van der Waals surface area contributed by atoms with E-state index in [0.717, 1.165) is 5.56 Å². The van der Waals surface area contributed by atoms with Crippen molar-refractivity contribution in [3.05, 3.63) is 53.4 Å². The summed E-state index contributed by atoms with van der Waals surface area (Å²) in [6, 6.07) is 8.30. The minimum atomic E-state index is -3.64. The lowest BCUT2D eigenvalue weighted by molar-refractivity contribution is -0.00918. The number of aryl methyl sites for hydroxylation is 1. The fourth-order valence-electron chi connectivity index (χ4n) is 3.59. The molecule has 2 atom stereocenters. The van der Waals surface area contributed by atoms with Crippen molar-refractivity contribution in [2.24, 2.45) is 0 Å². The van der Waals surface area contributed by atoms with Crippen molar-refractivity contribution >= 4 is 15.9 Å².